The van der Waals surface area contributed by atoms with E-state index in [1.54, 1.807) is 0 Å². The highest BCUT2D eigenvalue weighted by Crippen LogP contribution is 2.28. The number of aldehydes is 1. The van der Waals surface area contributed by atoms with Crippen molar-refractivity contribution in [1.82, 2.24) is 4.57 Å². The number of hydrogen-bond acceptors (Lipinski definition) is 5. The van der Waals surface area contributed by atoms with Crippen LogP contribution in [0, 0.1) is 0 Å². The molecule has 0 amide bonds. The van der Waals surface area contributed by atoms with Gasteiger partial charge in [-0.15, -0.1) is 0 Å². The third-order valence-corrected chi connectivity index (χ3v) is 2.99. The lowest BCUT2D eigenvalue weighted by molar-refractivity contribution is 0.0911. The number of nitrogens with zero attached hydrogens (tertiary/aromatic N) is 1. The Kier molecular flexibility index (Phi) is 2.88. The predicted octanol–water partition coefficient (Wildman–Crippen LogP) is 0.239. The minimum Gasteiger partial charge on any atom is -0.492 e. The van der Waals surface area contributed by atoms with Crippen molar-refractivity contribution >= 4 is 17.9 Å². The van der Waals surface area contributed by atoms with E-state index < -0.39 is 18.2 Å². The second-order valence-electron chi connectivity index (χ2n) is 3.83. The first-order valence-corrected chi connectivity index (χ1v) is 5.19. The molecule has 1 aromatic rings. The van der Waals surface area contributed by atoms with E-state index in [0.29, 0.717) is 6.29 Å². The first-order chi connectivity index (χ1) is 8.56. The van der Waals surface area contributed by atoms with Gasteiger partial charge in [0.1, 0.15) is 5.69 Å². The summed E-state index contributed by atoms with van der Waals surface area (Å²) in [5, 5.41) is 9.22. The summed E-state index contributed by atoms with van der Waals surface area (Å²) in [5.41, 5.74) is 0.381. The second-order valence-corrected chi connectivity index (χ2v) is 3.83. The minimum atomic E-state index is -0.524. The highest BCUT2D eigenvalue weighted by Gasteiger charge is 2.34. The fraction of sp³-hybridized carbons (Fsp3) is 0.250. The van der Waals surface area contributed by atoms with Crippen LogP contribution in [-0.4, -0.2) is 34.6 Å². The van der Waals surface area contributed by atoms with Gasteiger partial charge in [-0.25, -0.2) is 0 Å². The quantitative estimate of drug-likeness (QED) is 0.775. The van der Waals surface area contributed by atoms with E-state index in [0.717, 1.165) is 6.08 Å². The van der Waals surface area contributed by atoms with E-state index >= 15 is 0 Å². The lowest BCUT2D eigenvalue weighted by Crippen LogP contribution is -2.19. The zero-order valence-corrected chi connectivity index (χ0v) is 9.89. The topological polar surface area (TPSA) is 85.6 Å². The van der Waals surface area contributed by atoms with Gasteiger partial charge in [-0.2, -0.15) is 0 Å². The lowest BCUT2D eigenvalue weighted by atomic mass is 9.96. The summed E-state index contributed by atoms with van der Waals surface area (Å²) in [5.74, 6) is -1.05. The second kappa shape index (κ2) is 4.23. The number of rotatable bonds is 3. The summed E-state index contributed by atoms with van der Waals surface area (Å²) in [6, 6.07) is 0. The van der Waals surface area contributed by atoms with Gasteiger partial charge >= 0.3 is 0 Å². The maximum absolute atomic E-state index is 12.1. The number of allylic oxidation sites excluding steroid dienone is 2. The Morgan fingerprint density at radius 1 is 1.44 bits per heavy atom. The fourth-order valence-electron chi connectivity index (χ4n) is 2.12. The van der Waals surface area contributed by atoms with Crippen LogP contribution in [0.4, 0.5) is 0 Å². The van der Waals surface area contributed by atoms with Crippen molar-refractivity contribution < 1.29 is 24.2 Å². The monoisotopic (exact) mass is 249 g/mol. The smallest absolute Gasteiger partial charge is 0.230 e. The van der Waals surface area contributed by atoms with Crippen molar-refractivity contribution in [1.29, 1.82) is 0 Å². The number of aromatic nitrogens is 1. The highest BCUT2D eigenvalue weighted by molar-refractivity contribution is 6.25. The van der Waals surface area contributed by atoms with Crippen LogP contribution in [0.3, 0.4) is 0 Å². The van der Waals surface area contributed by atoms with Crippen LogP contribution in [0.25, 0.3) is 0 Å². The van der Waals surface area contributed by atoms with Crippen LogP contribution in [0.5, 0.6) is 0 Å². The molecule has 1 N–H and O–H groups in total. The molecule has 18 heavy (non-hydrogen) atoms. The molecule has 0 bridgehead atoms. The van der Waals surface area contributed by atoms with Crippen LogP contribution in [-0.2, 0) is 18.4 Å². The number of hydrogen-bond donors (Lipinski definition) is 1. The van der Waals surface area contributed by atoms with Gasteiger partial charge in [0.05, 0.1) is 25.0 Å². The molecule has 1 heterocycles. The maximum Gasteiger partial charge on any atom is 0.230 e. The van der Waals surface area contributed by atoms with Gasteiger partial charge in [-0.3, -0.25) is 14.4 Å². The Morgan fingerprint density at radius 2 is 2.11 bits per heavy atom. The standard InChI is InChI=1S/C12H11NO5/c1-13-7(5-15)6(4-14)10-11(13)8(16)3-9(18-2)12(10)17/h3-4,15H,5H2,1-2H3. The van der Waals surface area contributed by atoms with Crippen LogP contribution >= 0.6 is 0 Å². The van der Waals surface area contributed by atoms with E-state index in [9.17, 15) is 19.5 Å². The molecule has 0 saturated carbocycles. The Morgan fingerprint density at radius 3 is 2.61 bits per heavy atom. The number of ketones is 2. The van der Waals surface area contributed by atoms with E-state index in [1.165, 1.54) is 18.7 Å². The third-order valence-electron chi connectivity index (χ3n) is 2.99. The van der Waals surface area contributed by atoms with E-state index in [4.69, 9.17) is 4.74 Å². The number of fused-ring (bicyclic) bond motifs is 1. The Labute approximate surface area is 102 Å². The molecule has 0 spiro atoms. The minimum absolute atomic E-state index is 0.000833. The van der Waals surface area contributed by atoms with Crippen molar-refractivity contribution in [3.8, 4) is 0 Å². The number of aliphatic hydroxyl groups is 1. The maximum atomic E-state index is 12.1. The third kappa shape index (κ3) is 1.42. The van der Waals surface area contributed by atoms with E-state index in [1.807, 2.05) is 0 Å². The van der Waals surface area contributed by atoms with E-state index in [2.05, 4.69) is 0 Å². The molecule has 0 fully saturated rings. The largest absolute Gasteiger partial charge is 0.492 e. The molecule has 1 aliphatic rings. The molecule has 6 heteroatoms. The van der Waals surface area contributed by atoms with Gasteiger partial charge in [-0.05, 0) is 0 Å². The summed E-state index contributed by atoms with van der Waals surface area (Å²) in [6.45, 7) is -0.430. The van der Waals surface area contributed by atoms with Crippen molar-refractivity contribution in [2.75, 3.05) is 7.11 Å². The van der Waals surface area contributed by atoms with Crippen LogP contribution < -0.4 is 0 Å². The van der Waals surface area contributed by atoms with Crippen molar-refractivity contribution in [2.45, 2.75) is 6.61 Å². The first kappa shape index (κ1) is 12.3. The van der Waals surface area contributed by atoms with Crippen molar-refractivity contribution in [3.63, 3.8) is 0 Å². The Bertz CT molecular complexity index is 594. The summed E-state index contributed by atoms with van der Waals surface area (Å²) in [6.07, 6.45) is 1.55. The SMILES string of the molecule is COC1=CC(=O)c2c(c(C=O)c(CO)n2C)C1=O. The van der Waals surface area contributed by atoms with Crippen molar-refractivity contribution in [3.05, 3.63) is 34.3 Å². The highest BCUT2D eigenvalue weighted by atomic mass is 16.5. The molecule has 2 rings (SSSR count). The summed E-state index contributed by atoms with van der Waals surface area (Å²) in [4.78, 5) is 35.0. The summed E-state index contributed by atoms with van der Waals surface area (Å²) in [7, 11) is 2.80. The van der Waals surface area contributed by atoms with Gasteiger partial charge in [0.2, 0.25) is 11.6 Å². The number of methoxy groups -OCH3 is 1. The van der Waals surface area contributed by atoms with Crippen LogP contribution in [0.1, 0.15) is 36.9 Å². The number of Topliss-reactive ketones (excluding diaryl/α,β-unsaturated/α-hetero) is 1. The number of aliphatic hydroxyl groups excluding tert-OH is 1. The molecule has 0 unspecified atom stereocenters. The van der Waals surface area contributed by atoms with Crippen molar-refractivity contribution in [2.24, 2.45) is 7.05 Å². The normalized spacial score (nSPS) is 14.3. The zero-order chi connectivity index (χ0) is 13.4. The fourth-order valence-corrected chi connectivity index (χ4v) is 2.12. The predicted molar refractivity (Wildman–Crippen MR) is 60.5 cm³/mol. The van der Waals surface area contributed by atoms with Crippen LogP contribution in [0.2, 0.25) is 0 Å². The molecular formula is C12H11NO5. The molecule has 6 nitrogen and oxygen atoms in total. The van der Waals surface area contributed by atoms with Gasteiger partial charge in [-0.1, -0.05) is 0 Å². The molecular weight excluding hydrogens is 238 g/mol. The van der Waals surface area contributed by atoms with E-state index in [-0.39, 0.29) is 28.3 Å². The molecule has 0 aromatic carbocycles. The van der Waals surface area contributed by atoms with Gasteiger partial charge in [0, 0.05) is 18.7 Å². The average Bonchev–Trinajstić information content (AvgIpc) is 2.66. The van der Waals surface area contributed by atoms with Gasteiger partial charge in [0.15, 0.2) is 12.0 Å². The molecule has 0 aliphatic heterocycles. The Hall–Kier alpha value is -2.21. The Balaban J connectivity index is 2.80. The molecule has 1 aliphatic carbocycles. The molecule has 0 radical (unpaired) electrons. The lowest BCUT2D eigenvalue weighted by Gasteiger charge is -2.12. The summed E-state index contributed by atoms with van der Waals surface area (Å²) >= 11 is 0. The zero-order valence-electron chi connectivity index (χ0n) is 9.89. The van der Waals surface area contributed by atoms with Gasteiger partial charge in [0.25, 0.3) is 0 Å². The molecule has 0 saturated heterocycles. The molecule has 1 aromatic heterocycles. The number of carbonyl (C=O) groups is 3. The summed E-state index contributed by atoms with van der Waals surface area (Å²) < 4.78 is 6.18. The van der Waals surface area contributed by atoms with Crippen LogP contribution in [0.15, 0.2) is 11.8 Å². The number of ether oxygens (including phenoxy) is 1. The molecule has 94 valence electrons. The average molecular weight is 249 g/mol. The molecule has 0 atom stereocenters. The first-order valence-electron chi connectivity index (χ1n) is 5.19. The van der Waals surface area contributed by atoms with Gasteiger partial charge < -0.3 is 14.4 Å². The number of carbonyl (C=O) groups excluding carboxylic acids is 3.